The van der Waals surface area contributed by atoms with E-state index in [4.69, 9.17) is 11.6 Å². The molecule has 2 rings (SSSR count). The van der Waals surface area contributed by atoms with Crippen LogP contribution >= 0.6 is 11.6 Å². The maximum atomic E-state index is 12.8. The number of halogens is 2. The Bertz CT molecular complexity index is 585. The van der Waals surface area contributed by atoms with E-state index in [9.17, 15) is 4.39 Å². The molecule has 1 aromatic heterocycles. The van der Waals surface area contributed by atoms with Crippen molar-refractivity contribution in [1.82, 2.24) is 9.97 Å². The summed E-state index contributed by atoms with van der Waals surface area (Å²) in [6.45, 7) is 4.94. The van der Waals surface area contributed by atoms with Crippen LogP contribution < -0.4 is 5.32 Å². The van der Waals surface area contributed by atoms with Gasteiger partial charge in [0.25, 0.3) is 0 Å². The Morgan fingerprint density at radius 1 is 1.19 bits per heavy atom. The molecule has 1 N–H and O–H groups in total. The lowest BCUT2D eigenvalue weighted by Crippen LogP contribution is -2.09. The van der Waals surface area contributed by atoms with Crippen LogP contribution in [0.4, 0.5) is 10.2 Å². The highest BCUT2D eigenvalue weighted by Crippen LogP contribution is 2.14. The molecule has 1 heterocycles. The number of nitrogens with one attached hydrogen (secondary N) is 1. The van der Waals surface area contributed by atoms with E-state index in [1.807, 2.05) is 0 Å². The van der Waals surface area contributed by atoms with E-state index in [-0.39, 0.29) is 5.82 Å². The van der Waals surface area contributed by atoms with Crippen molar-refractivity contribution in [1.29, 1.82) is 0 Å². The van der Waals surface area contributed by atoms with Crippen LogP contribution in [0.15, 0.2) is 30.3 Å². The van der Waals surface area contributed by atoms with Crippen LogP contribution in [-0.4, -0.2) is 16.5 Å². The monoisotopic (exact) mass is 307 g/mol. The fourth-order valence-electron chi connectivity index (χ4n) is 2.00. The first-order valence-corrected chi connectivity index (χ1v) is 7.42. The molecular formula is C16H19ClFN3. The van der Waals surface area contributed by atoms with Crippen LogP contribution in [0.25, 0.3) is 0 Å². The molecule has 0 saturated carbocycles. The Kier molecular flexibility index (Phi) is 5.51. The van der Waals surface area contributed by atoms with E-state index >= 15 is 0 Å². The van der Waals surface area contributed by atoms with Crippen LogP contribution in [-0.2, 0) is 12.8 Å². The second-order valence-corrected chi connectivity index (χ2v) is 5.78. The predicted molar refractivity (Wildman–Crippen MR) is 84.2 cm³/mol. The molecule has 0 radical (unpaired) electrons. The highest BCUT2D eigenvalue weighted by molar-refractivity contribution is 6.29. The molecule has 0 bridgehead atoms. The van der Waals surface area contributed by atoms with Gasteiger partial charge in [-0.15, -0.1) is 0 Å². The van der Waals surface area contributed by atoms with Crippen LogP contribution in [0.5, 0.6) is 0 Å². The topological polar surface area (TPSA) is 37.8 Å². The SMILES string of the molecule is CC(C)Cc1nc(Cl)cc(NCCc2ccc(F)cc2)n1. The van der Waals surface area contributed by atoms with E-state index in [2.05, 4.69) is 29.1 Å². The van der Waals surface area contributed by atoms with Crippen molar-refractivity contribution in [3.8, 4) is 0 Å². The van der Waals surface area contributed by atoms with Crippen LogP contribution in [0.1, 0.15) is 25.2 Å². The van der Waals surface area contributed by atoms with E-state index in [0.29, 0.717) is 17.6 Å². The molecule has 0 saturated heterocycles. The van der Waals surface area contributed by atoms with Gasteiger partial charge < -0.3 is 5.32 Å². The number of hydrogen-bond donors (Lipinski definition) is 1. The van der Waals surface area contributed by atoms with Crippen LogP contribution in [0.2, 0.25) is 5.15 Å². The highest BCUT2D eigenvalue weighted by Gasteiger charge is 2.05. The molecule has 5 heteroatoms. The van der Waals surface area contributed by atoms with Gasteiger partial charge in [-0.25, -0.2) is 14.4 Å². The second kappa shape index (κ2) is 7.36. The number of anilines is 1. The smallest absolute Gasteiger partial charge is 0.134 e. The third kappa shape index (κ3) is 5.31. The lowest BCUT2D eigenvalue weighted by atomic mass is 10.1. The highest BCUT2D eigenvalue weighted by atomic mass is 35.5. The molecule has 112 valence electrons. The first-order valence-electron chi connectivity index (χ1n) is 7.04. The molecule has 1 aromatic carbocycles. The zero-order chi connectivity index (χ0) is 15.2. The molecule has 2 aromatic rings. The largest absolute Gasteiger partial charge is 0.370 e. The van der Waals surface area contributed by atoms with Crippen molar-refractivity contribution in [2.45, 2.75) is 26.7 Å². The Morgan fingerprint density at radius 3 is 2.57 bits per heavy atom. The molecule has 0 aliphatic carbocycles. The van der Waals surface area contributed by atoms with Crippen molar-refractivity contribution >= 4 is 17.4 Å². The molecule has 0 fully saturated rings. The third-order valence-corrected chi connectivity index (χ3v) is 3.16. The Labute approximate surface area is 129 Å². The van der Waals surface area contributed by atoms with Crippen molar-refractivity contribution in [2.24, 2.45) is 5.92 Å². The normalized spacial score (nSPS) is 10.9. The minimum atomic E-state index is -0.215. The van der Waals surface area contributed by atoms with Gasteiger partial charge in [0.2, 0.25) is 0 Å². The number of rotatable bonds is 6. The quantitative estimate of drug-likeness (QED) is 0.816. The van der Waals surface area contributed by atoms with Gasteiger partial charge in [0, 0.05) is 19.0 Å². The summed E-state index contributed by atoms with van der Waals surface area (Å²) in [5.74, 6) is 1.75. The van der Waals surface area contributed by atoms with Gasteiger partial charge in [0.15, 0.2) is 0 Å². The van der Waals surface area contributed by atoms with Gasteiger partial charge in [0.05, 0.1) is 0 Å². The molecule has 0 aliphatic rings. The average molecular weight is 308 g/mol. The summed E-state index contributed by atoms with van der Waals surface area (Å²) in [4.78, 5) is 8.67. The first-order chi connectivity index (χ1) is 10.0. The van der Waals surface area contributed by atoms with Crippen molar-refractivity contribution in [2.75, 3.05) is 11.9 Å². The fourth-order valence-corrected chi connectivity index (χ4v) is 2.20. The van der Waals surface area contributed by atoms with Crippen LogP contribution in [0.3, 0.4) is 0 Å². The minimum absolute atomic E-state index is 0.215. The molecular weight excluding hydrogens is 289 g/mol. The third-order valence-electron chi connectivity index (χ3n) is 2.97. The fraction of sp³-hybridized carbons (Fsp3) is 0.375. The Balaban J connectivity index is 1.93. The lowest BCUT2D eigenvalue weighted by Gasteiger charge is -2.09. The van der Waals surface area contributed by atoms with E-state index < -0.39 is 0 Å². The van der Waals surface area contributed by atoms with E-state index in [1.165, 1.54) is 12.1 Å². The molecule has 0 spiro atoms. The molecule has 0 unspecified atom stereocenters. The van der Waals surface area contributed by atoms with Crippen molar-refractivity contribution < 1.29 is 4.39 Å². The maximum Gasteiger partial charge on any atom is 0.134 e. The number of hydrogen-bond acceptors (Lipinski definition) is 3. The summed E-state index contributed by atoms with van der Waals surface area (Å²) in [6, 6.07) is 8.23. The number of nitrogens with zero attached hydrogens (tertiary/aromatic N) is 2. The summed E-state index contributed by atoms with van der Waals surface area (Å²) in [5.41, 5.74) is 1.08. The summed E-state index contributed by atoms with van der Waals surface area (Å²) >= 11 is 6.01. The molecule has 3 nitrogen and oxygen atoms in total. The lowest BCUT2D eigenvalue weighted by molar-refractivity contribution is 0.621. The Hall–Kier alpha value is -1.68. The number of aromatic nitrogens is 2. The Morgan fingerprint density at radius 2 is 1.90 bits per heavy atom. The standard InChI is InChI=1S/C16H19ClFN3/c1-11(2)9-16-20-14(17)10-15(21-16)19-8-7-12-3-5-13(18)6-4-12/h3-6,10-11H,7-9H2,1-2H3,(H,19,20,21). The van der Waals surface area contributed by atoms with Gasteiger partial charge in [-0.1, -0.05) is 37.6 Å². The predicted octanol–water partition coefficient (Wildman–Crippen LogP) is 4.12. The summed E-state index contributed by atoms with van der Waals surface area (Å²) in [5, 5.41) is 3.68. The summed E-state index contributed by atoms with van der Waals surface area (Å²) in [7, 11) is 0. The summed E-state index contributed by atoms with van der Waals surface area (Å²) < 4.78 is 12.8. The van der Waals surface area contributed by atoms with Gasteiger partial charge in [-0.05, 0) is 30.0 Å². The first kappa shape index (κ1) is 15.7. The maximum absolute atomic E-state index is 12.8. The van der Waals surface area contributed by atoms with Crippen LogP contribution in [0, 0.1) is 11.7 Å². The second-order valence-electron chi connectivity index (χ2n) is 5.39. The van der Waals surface area contributed by atoms with Gasteiger partial charge >= 0.3 is 0 Å². The van der Waals surface area contributed by atoms with Crippen molar-refractivity contribution in [3.05, 3.63) is 52.7 Å². The average Bonchev–Trinajstić information content (AvgIpc) is 2.39. The van der Waals surface area contributed by atoms with E-state index in [1.54, 1.807) is 18.2 Å². The summed E-state index contributed by atoms with van der Waals surface area (Å²) in [6.07, 6.45) is 1.59. The van der Waals surface area contributed by atoms with Crippen molar-refractivity contribution in [3.63, 3.8) is 0 Å². The zero-order valence-electron chi connectivity index (χ0n) is 12.2. The number of benzene rings is 1. The minimum Gasteiger partial charge on any atom is -0.370 e. The van der Waals surface area contributed by atoms with Gasteiger partial charge in [-0.3, -0.25) is 0 Å². The molecule has 0 atom stereocenters. The molecule has 0 aliphatic heterocycles. The molecule has 0 amide bonds. The zero-order valence-corrected chi connectivity index (χ0v) is 13.0. The van der Waals surface area contributed by atoms with E-state index in [0.717, 1.165) is 30.0 Å². The molecule has 21 heavy (non-hydrogen) atoms. The van der Waals surface area contributed by atoms with Gasteiger partial charge in [0.1, 0.15) is 22.6 Å². The van der Waals surface area contributed by atoms with Gasteiger partial charge in [-0.2, -0.15) is 0 Å².